The Bertz CT molecular complexity index is 414. The van der Waals surface area contributed by atoms with E-state index in [4.69, 9.17) is 4.74 Å². The van der Waals surface area contributed by atoms with Crippen molar-refractivity contribution >= 4 is 5.97 Å². The molecule has 4 heteroatoms. The summed E-state index contributed by atoms with van der Waals surface area (Å²) in [4.78, 5) is 11.7. The van der Waals surface area contributed by atoms with Crippen LogP contribution in [0.25, 0.3) is 0 Å². The summed E-state index contributed by atoms with van der Waals surface area (Å²) < 4.78 is 9.76. The summed E-state index contributed by atoms with van der Waals surface area (Å²) in [5.74, 6) is -0.302. The molecule has 92 valence electrons. The second kappa shape index (κ2) is 5.50. The Kier molecular flexibility index (Phi) is 4.29. The fourth-order valence-electron chi connectivity index (χ4n) is 1.67. The molecule has 1 aromatic rings. The van der Waals surface area contributed by atoms with Crippen LogP contribution in [0.4, 0.5) is 0 Å². The van der Waals surface area contributed by atoms with E-state index in [9.17, 15) is 9.90 Å². The van der Waals surface area contributed by atoms with Crippen molar-refractivity contribution in [2.75, 3.05) is 14.2 Å². The molecule has 17 heavy (non-hydrogen) atoms. The van der Waals surface area contributed by atoms with E-state index >= 15 is 0 Å². The van der Waals surface area contributed by atoms with Gasteiger partial charge in [-0.15, -0.1) is 6.58 Å². The van der Waals surface area contributed by atoms with Crippen molar-refractivity contribution < 1.29 is 19.4 Å². The number of benzene rings is 1. The van der Waals surface area contributed by atoms with Gasteiger partial charge in [0.25, 0.3) is 0 Å². The Labute approximate surface area is 100 Å². The van der Waals surface area contributed by atoms with Crippen LogP contribution in [0.2, 0.25) is 0 Å². The molecular formula is C13H16O4. The molecule has 1 aromatic carbocycles. The minimum atomic E-state index is -1.76. The molecule has 0 aromatic heterocycles. The minimum absolute atomic E-state index is 0.0556. The van der Waals surface area contributed by atoms with Crippen molar-refractivity contribution in [1.82, 2.24) is 0 Å². The van der Waals surface area contributed by atoms with Gasteiger partial charge in [0, 0.05) is 12.0 Å². The molecule has 0 fully saturated rings. The number of rotatable bonds is 5. The number of ether oxygens (including phenoxy) is 2. The van der Waals surface area contributed by atoms with Crippen molar-refractivity contribution in [1.29, 1.82) is 0 Å². The van der Waals surface area contributed by atoms with Gasteiger partial charge >= 0.3 is 5.97 Å². The Hall–Kier alpha value is -1.81. The van der Waals surface area contributed by atoms with E-state index in [0.29, 0.717) is 11.3 Å². The first-order valence-corrected chi connectivity index (χ1v) is 5.15. The molecule has 0 spiro atoms. The van der Waals surface area contributed by atoms with Crippen LogP contribution >= 0.6 is 0 Å². The van der Waals surface area contributed by atoms with Crippen molar-refractivity contribution in [2.45, 2.75) is 12.0 Å². The summed E-state index contributed by atoms with van der Waals surface area (Å²) in [6.07, 6.45) is 1.52. The van der Waals surface area contributed by atoms with Crippen LogP contribution in [0.3, 0.4) is 0 Å². The van der Waals surface area contributed by atoms with Crippen LogP contribution in [-0.4, -0.2) is 25.3 Å². The number of aliphatic hydroxyl groups is 1. The lowest BCUT2D eigenvalue weighted by atomic mass is 9.89. The highest BCUT2D eigenvalue weighted by Crippen LogP contribution is 2.33. The van der Waals surface area contributed by atoms with E-state index < -0.39 is 11.6 Å². The number of esters is 1. The van der Waals surface area contributed by atoms with E-state index in [-0.39, 0.29) is 6.42 Å². The van der Waals surface area contributed by atoms with E-state index in [1.807, 2.05) is 0 Å². The predicted octanol–water partition coefficient (Wildman–Crippen LogP) is 1.63. The zero-order valence-corrected chi connectivity index (χ0v) is 9.97. The van der Waals surface area contributed by atoms with Gasteiger partial charge in [0.15, 0.2) is 5.60 Å². The molecule has 0 saturated carbocycles. The highest BCUT2D eigenvalue weighted by atomic mass is 16.5. The molecule has 1 N–H and O–H groups in total. The maximum Gasteiger partial charge on any atom is 0.343 e. The quantitative estimate of drug-likeness (QED) is 0.623. The fourth-order valence-corrected chi connectivity index (χ4v) is 1.67. The van der Waals surface area contributed by atoms with Gasteiger partial charge in [0.05, 0.1) is 14.2 Å². The van der Waals surface area contributed by atoms with E-state index in [2.05, 4.69) is 11.3 Å². The van der Waals surface area contributed by atoms with Crippen LogP contribution in [0.5, 0.6) is 5.75 Å². The molecule has 1 rings (SSSR count). The Morgan fingerprint density at radius 1 is 1.47 bits per heavy atom. The van der Waals surface area contributed by atoms with Crippen molar-refractivity contribution in [3.8, 4) is 5.75 Å². The van der Waals surface area contributed by atoms with E-state index in [1.54, 1.807) is 24.3 Å². The maximum absolute atomic E-state index is 11.7. The Morgan fingerprint density at radius 3 is 2.65 bits per heavy atom. The number of hydrogen-bond acceptors (Lipinski definition) is 4. The van der Waals surface area contributed by atoms with Gasteiger partial charge in [0.1, 0.15) is 5.75 Å². The molecule has 1 unspecified atom stereocenters. The SMILES string of the molecule is C=CCC(O)(C(=O)OC)c1ccccc1OC. The van der Waals surface area contributed by atoms with Crippen LogP contribution in [0.15, 0.2) is 36.9 Å². The van der Waals surface area contributed by atoms with Gasteiger partial charge in [-0.3, -0.25) is 0 Å². The zero-order valence-electron chi connectivity index (χ0n) is 9.97. The molecule has 0 saturated heterocycles. The Balaban J connectivity index is 3.31. The third-order valence-electron chi connectivity index (χ3n) is 2.52. The van der Waals surface area contributed by atoms with Crippen molar-refractivity contribution in [2.24, 2.45) is 0 Å². The second-order valence-electron chi connectivity index (χ2n) is 3.54. The molecule has 0 aliphatic heterocycles. The zero-order chi connectivity index (χ0) is 12.9. The van der Waals surface area contributed by atoms with Gasteiger partial charge in [-0.05, 0) is 6.07 Å². The highest BCUT2D eigenvalue weighted by molar-refractivity contribution is 5.82. The largest absolute Gasteiger partial charge is 0.496 e. The molecule has 0 aliphatic rings. The molecule has 0 amide bonds. The maximum atomic E-state index is 11.7. The van der Waals surface area contributed by atoms with Crippen LogP contribution < -0.4 is 4.74 Å². The van der Waals surface area contributed by atoms with Gasteiger partial charge in [0.2, 0.25) is 0 Å². The molecule has 0 radical (unpaired) electrons. The van der Waals surface area contributed by atoms with Crippen LogP contribution in [-0.2, 0) is 15.1 Å². The predicted molar refractivity (Wildman–Crippen MR) is 63.7 cm³/mol. The first-order chi connectivity index (χ1) is 8.10. The average Bonchev–Trinajstić information content (AvgIpc) is 2.37. The Morgan fingerprint density at radius 2 is 2.12 bits per heavy atom. The third-order valence-corrected chi connectivity index (χ3v) is 2.52. The van der Waals surface area contributed by atoms with Gasteiger partial charge < -0.3 is 14.6 Å². The lowest BCUT2D eigenvalue weighted by molar-refractivity contribution is -0.163. The van der Waals surface area contributed by atoms with E-state index in [1.165, 1.54) is 20.3 Å². The number of carbonyl (C=O) groups excluding carboxylic acids is 1. The van der Waals surface area contributed by atoms with Gasteiger partial charge in [-0.2, -0.15) is 0 Å². The van der Waals surface area contributed by atoms with Crippen LogP contribution in [0, 0.1) is 0 Å². The van der Waals surface area contributed by atoms with Crippen molar-refractivity contribution in [3.63, 3.8) is 0 Å². The second-order valence-corrected chi connectivity index (χ2v) is 3.54. The van der Waals surface area contributed by atoms with Gasteiger partial charge in [-0.25, -0.2) is 4.79 Å². The van der Waals surface area contributed by atoms with Crippen molar-refractivity contribution in [3.05, 3.63) is 42.5 Å². The van der Waals surface area contributed by atoms with E-state index in [0.717, 1.165) is 0 Å². The van der Waals surface area contributed by atoms with Crippen LogP contribution in [0.1, 0.15) is 12.0 Å². The topological polar surface area (TPSA) is 55.8 Å². The first-order valence-electron chi connectivity index (χ1n) is 5.15. The number of methoxy groups -OCH3 is 2. The number of hydrogen-bond donors (Lipinski definition) is 1. The normalized spacial score (nSPS) is 13.6. The summed E-state index contributed by atoms with van der Waals surface area (Å²) in [6, 6.07) is 6.77. The molecule has 1 atom stereocenters. The molecule has 4 nitrogen and oxygen atoms in total. The standard InChI is InChI=1S/C13H16O4/c1-4-9-13(15,12(14)17-3)10-7-5-6-8-11(10)16-2/h4-8,15H,1,9H2,2-3H3. The minimum Gasteiger partial charge on any atom is -0.496 e. The summed E-state index contributed by atoms with van der Waals surface area (Å²) >= 11 is 0. The number of para-hydroxylation sites is 1. The average molecular weight is 236 g/mol. The summed E-state index contributed by atoms with van der Waals surface area (Å²) in [7, 11) is 2.70. The molecule has 0 aliphatic carbocycles. The summed E-state index contributed by atoms with van der Waals surface area (Å²) in [5, 5.41) is 10.4. The lowest BCUT2D eigenvalue weighted by Gasteiger charge is -2.25. The first kappa shape index (κ1) is 13.3. The molecule has 0 heterocycles. The highest BCUT2D eigenvalue weighted by Gasteiger charge is 2.40. The lowest BCUT2D eigenvalue weighted by Crippen LogP contribution is -2.36. The number of carbonyl (C=O) groups is 1. The molecular weight excluding hydrogens is 220 g/mol. The summed E-state index contributed by atoms with van der Waals surface area (Å²) in [5.41, 5.74) is -1.39. The monoisotopic (exact) mass is 236 g/mol. The molecule has 0 bridgehead atoms. The van der Waals surface area contributed by atoms with Gasteiger partial charge in [-0.1, -0.05) is 24.3 Å². The smallest absolute Gasteiger partial charge is 0.343 e. The third kappa shape index (κ3) is 2.47. The summed E-state index contributed by atoms with van der Waals surface area (Å²) in [6.45, 7) is 3.53. The fraction of sp³-hybridized carbons (Fsp3) is 0.308.